The summed E-state index contributed by atoms with van der Waals surface area (Å²) in [5, 5.41) is 2.76. The largest absolute Gasteiger partial charge is 0.484 e. The van der Waals surface area contributed by atoms with Gasteiger partial charge in [0.2, 0.25) is 0 Å². The van der Waals surface area contributed by atoms with E-state index in [1.54, 1.807) is 11.1 Å². The Morgan fingerprint density at radius 1 is 1.28 bits per heavy atom. The van der Waals surface area contributed by atoms with E-state index in [9.17, 15) is 4.79 Å². The van der Waals surface area contributed by atoms with Gasteiger partial charge in [-0.15, -0.1) is 11.3 Å². The summed E-state index contributed by atoms with van der Waals surface area (Å²) >= 11 is 1.51. The third-order valence-corrected chi connectivity index (χ3v) is 5.74. The van der Waals surface area contributed by atoms with E-state index in [0.717, 1.165) is 17.2 Å². The summed E-state index contributed by atoms with van der Waals surface area (Å²) in [7, 11) is 3.97. The lowest BCUT2D eigenvalue weighted by Crippen LogP contribution is -2.33. The molecular weight excluding hydrogens is 392 g/mol. The highest BCUT2D eigenvalue weighted by molar-refractivity contribution is 7.09. The van der Waals surface area contributed by atoms with E-state index in [4.69, 9.17) is 14.2 Å². The molecule has 29 heavy (non-hydrogen) atoms. The van der Waals surface area contributed by atoms with Gasteiger partial charge in [-0.25, -0.2) is 4.98 Å². The SMILES string of the molecule is Cc1ccc(OC2CO[C@H]3CN(C(=O)c4csc(CN(C)C)n4)C[C@@H]3OC2)cn1. The molecule has 4 rings (SSSR count). The number of likely N-dealkylation sites (tertiary alicyclic amines) is 1. The fourth-order valence-corrected chi connectivity index (χ4v) is 4.32. The minimum atomic E-state index is -0.193. The molecule has 0 unspecified atom stereocenters. The van der Waals surface area contributed by atoms with Crippen molar-refractivity contribution in [2.24, 2.45) is 0 Å². The maximum atomic E-state index is 12.8. The molecule has 0 bridgehead atoms. The highest BCUT2D eigenvalue weighted by Crippen LogP contribution is 2.24. The molecule has 8 nitrogen and oxygen atoms in total. The topological polar surface area (TPSA) is 77.0 Å². The molecular formula is C20H26N4O4S. The van der Waals surface area contributed by atoms with E-state index in [-0.39, 0.29) is 24.2 Å². The Balaban J connectivity index is 1.31. The van der Waals surface area contributed by atoms with Gasteiger partial charge in [0.1, 0.15) is 34.8 Å². The molecule has 0 radical (unpaired) electrons. The quantitative estimate of drug-likeness (QED) is 0.730. The second-order valence-electron chi connectivity index (χ2n) is 7.69. The molecule has 2 aromatic heterocycles. The molecule has 0 saturated carbocycles. The number of ether oxygens (including phenoxy) is 3. The Kier molecular flexibility index (Phi) is 6.09. The summed E-state index contributed by atoms with van der Waals surface area (Å²) in [6.07, 6.45) is 1.22. The van der Waals surface area contributed by atoms with E-state index in [1.807, 2.05) is 43.4 Å². The lowest BCUT2D eigenvalue weighted by atomic mass is 10.3. The van der Waals surface area contributed by atoms with E-state index in [0.29, 0.717) is 37.7 Å². The van der Waals surface area contributed by atoms with Gasteiger partial charge in [0.15, 0.2) is 0 Å². The number of rotatable bonds is 5. The fraction of sp³-hybridized carbons (Fsp3) is 0.550. The number of aryl methyl sites for hydroxylation is 1. The molecule has 0 aliphatic carbocycles. The van der Waals surface area contributed by atoms with Gasteiger partial charge in [-0.2, -0.15) is 0 Å². The van der Waals surface area contributed by atoms with Gasteiger partial charge in [0.05, 0.1) is 19.4 Å². The zero-order chi connectivity index (χ0) is 20.4. The highest BCUT2D eigenvalue weighted by Gasteiger charge is 2.40. The Morgan fingerprint density at radius 3 is 2.62 bits per heavy atom. The standard InChI is InChI=1S/C20H26N4O4S/c1-13-4-5-14(6-21-13)28-15-10-26-17-7-24(8-18(17)27-11-15)20(25)16-12-29-19(22-16)9-23(2)3/h4-6,12,15,17-18H,7-11H2,1-3H3/t17-,18-/m0/s1. The molecule has 2 aliphatic heterocycles. The minimum absolute atomic E-state index is 0.0648. The first-order chi connectivity index (χ1) is 14.0. The minimum Gasteiger partial charge on any atom is -0.484 e. The predicted octanol–water partition coefficient (Wildman–Crippen LogP) is 1.60. The van der Waals surface area contributed by atoms with Crippen LogP contribution in [0.25, 0.3) is 0 Å². The molecule has 1 amide bonds. The van der Waals surface area contributed by atoms with Gasteiger partial charge in [0.25, 0.3) is 5.91 Å². The van der Waals surface area contributed by atoms with Crippen molar-refractivity contribution in [3.8, 4) is 5.75 Å². The summed E-state index contributed by atoms with van der Waals surface area (Å²) in [6, 6.07) is 3.81. The number of thiazole rings is 1. The van der Waals surface area contributed by atoms with Crippen molar-refractivity contribution >= 4 is 17.2 Å². The predicted molar refractivity (Wildman–Crippen MR) is 108 cm³/mol. The number of hydrogen-bond donors (Lipinski definition) is 0. The molecule has 0 spiro atoms. The number of hydrogen-bond acceptors (Lipinski definition) is 8. The third kappa shape index (κ3) is 4.92. The highest BCUT2D eigenvalue weighted by atomic mass is 32.1. The Hall–Kier alpha value is -2.07. The normalized spacial score (nSPS) is 22.6. The molecule has 9 heteroatoms. The van der Waals surface area contributed by atoms with Crippen molar-refractivity contribution in [1.29, 1.82) is 0 Å². The van der Waals surface area contributed by atoms with E-state index >= 15 is 0 Å². The summed E-state index contributed by atoms with van der Waals surface area (Å²) in [5.41, 5.74) is 1.44. The van der Waals surface area contributed by atoms with Gasteiger partial charge >= 0.3 is 0 Å². The lowest BCUT2D eigenvalue weighted by molar-refractivity contribution is -0.00461. The average molecular weight is 419 g/mol. The maximum absolute atomic E-state index is 12.8. The van der Waals surface area contributed by atoms with Crippen LogP contribution in [0.15, 0.2) is 23.7 Å². The molecule has 2 atom stereocenters. The number of fused-ring (bicyclic) bond motifs is 1. The number of aromatic nitrogens is 2. The molecule has 156 valence electrons. The van der Waals surface area contributed by atoms with Crippen LogP contribution in [-0.2, 0) is 16.0 Å². The Bertz CT molecular complexity index is 825. The molecule has 4 heterocycles. The number of pyridine rings is 1. The molecule has 2 aromatic rings. The van der Waals surface area contributed by atoms with Crippen molar-refractivity contribution in [3.05, 3.63) is 40.1 Å². The van der Waals surface area contributed by atoms with Gasteiger partial charge in [0, 0.05) is 30.7 Å². The average Bonchev–Trinajstić information content (AvgIpc) is 3.27. The van der Waals surface area contributed by atoms with Crippen LogP contribution in [0, 0.1) is 6.92 Å². The zero-order valence-electron chi connectivity index (χ0n) is 16.9. The van der Waals surface area contributed by atoms with Gasteiger partial charge in [-0.05, 0) is 33.2 Å². The first kappa shape index (κ1) is 20.2. The van der Waals surface area contributed by atoms with Crippen LogP contribution in [0.2, 0.25) is 0 Å². The van der Waals surface area contributed by atoms with Crippen LogP contribution < -0.4 is 4.74 Å². The van der Waals surface area contributed by atoms with E-state index in [2.05, 4.69) is 9.97 Å². The first-order valence-electron chi connectivity index (χ1n) is 9.69. The van der Waals surface area contributed by atoms with Crippen molar-refractivity contribution in [2.75, 3.05) is 40.4 Å². The summed E-state index contributed by atoms with van der Waals surface area (Å²) in [5.74, 6) is 0.638. The molecule has 2 fully saturated rings. The number of carbonyl (C=O) groups excluding carboxylic acids is 1. The molecule has 0 N–H and O–H groups in total. The van der Waals surface area contributed by atoms with Crippen LogP contribution in [0.5, 0.6) is 5.75 Å². The first-order valence-corrected chi connectivity index (χ1v) is 10.6. The van der Waals surface area contributed by atoms with Crippen molar-refractivity contribution in [3.63, 3.8) is 0 Å². The summed E-state index contributed by atoms with van der Waals surface area (Å²) < 4.78 is 18.0. The number of nitrogens with zero attached hydrogens (tertiary/aromatic N) is 4. The van der Waals surface area contributed by atoms with Crippen molar-refractivity contribution in [1.82, 2.24) is 19.8 Å². The zero-order valence-corrected chi connectivity index (χ0v) is 17.7. The monoisotopic (exact) mass is 418 g/mol. The maximum Gasteiger partial charge on any atom is 0.273 e. The smallest absolute Gasteiger partial charge is 0.273 e. The van der Waals surface area contributed by atoms with Crippen LogP contribution in [0.3, 0.4) is 0 Å². The summed E-state index contributed by atoms with van der Waals surface area (Å²) in [4.78, 5) is 25.3. The second-order valence-corrected chi connectivity index (χ2v) is 8.64. The van der Waals surface area contributed by atoms with Crippen LogP contribution >= 0.6 is 11.3 Å². The molecule has 2 aliphatic rings. The third-order valence-electron chi connectivity index (χ3n) is 4.90. The fourth-order valence-electron chi connectivity index (χ4n) is 3.44. The lowest BCUT2D eigenvalue weighted by Gasteiger charge is -2.19. The second kappa shape index (κ2) is 8.74. The molecule has 2 saturated heterocycles. The van der Waals surface area contributed by atoms with Crippen LogP contribution in [-0.4, -0.2) is 84.4 Å². The number of amides is 1. The van der Waals surface area contributed by atoms with E-state index in [1.165, 1.54) is 11.3 Å². The van der Waals surface area contributed by atoms with Crippen LogP contribution in [0.4, 0.5) is 0 Å². The number of carbonyl (C=O) groups is 1. The Labute approximate surface area is 174 Å². The molecule has 0 aromatic carbocycles. The van der Waals surface area contributed by atoms with E-state index < -0.39 is 0 Å². The van der Waals surface area contributed by atoms with Gasteiger partial charge < -0.3 is 24.0 Å². The van der Waals surface area contributed by atoms with Gasteiger partial charge in [-0.3, -0.25) is 9.78 Å². The summed E-state index contributed by atoms with van der Waals surface area (Å²) in [6.45, 7) is 4.51. The van der Waals surface area contributed by atoms with Crippen molar-refractivity contribution in [2.45, 2.75) is 31.8 Å². The van der Waals surface area contributed by atoms with Gasteiger partial charge in [-0.1, -0.05) is 0 Å². The Morgan fingerprint density at radius 2 is 2.00 bits per heavy atom. The van der Waals surface area contributed by atoms with Crippen LogP contribution in [0.1, 0.15) is 21.2 Å². The van der Waals surface area contributed by atoms with Crippen molar-refractivity contribution < 1.29 is 19.0 Å².